The number of halogens is 1. The molecule has 2 aromatic heterocycles. The van der Waals surface area contributed by atoms with Crippen molar-refractivity contribution in [3.05, 3.63) is 41.3 Å². The fourth-order valence-corrected chi connectivity index (χ4v) is 4.32. The van der Waals surface area contributed by atoms with E-state index in [0.717, 1.165) is 24.4 Å². The van der Waals surface area contributed by atoms with Crippen molar-refractivity contribution in [3.8, 4) is 0 Å². The van der Waals surface area contributed by atoms with Gasteiger partial charge in [-0.05, 0) is 25.0 Å². The van der Waals surface area contributed by atoms with E-state index in [9.17, 15) is 9.59 Å². The molecule has 31 heavy (non-hydrogen) atoms. The van der Waals surface area contributed by atoms with Gasteiger partial charge in [0.15, 0.2) is 5.16 Å². The summed E-state index contributed by atoms with van der Waals surface area (Å²) < 4.78 is 0. The number of carbonyl (C=O) groups excluding carboxylic acids is 2. The van der Waals surface area contributed by atoms with Crippen LogP contribution in [0.3, 0.4) is 0 Å². The third kappa shape index (κ3) is 6.30. The number of nitrogens with one attached hydrogen (secondary N) is 1. The number of thioether (sulfide) groups is 1. The van der Waals surface area contributed by atoms with E-state index in [1.165, 1.54) is 11.8 Å². The molecule has 0 atom stereocenters. The number of anilines is 1. The highest BCUT2D eigenvalue weighted by Gasteiger charge is 2.34. The number of hydrogen-bond donors (Lipinski definition) is 1. The minimum Gasteiger partial charge on any atom is -0.355 e. The molecule has 164 valence electrons. The van der Waals surface area contributed by atoms with Crippen LogP contribution in [0.5, 0.6) is 0 Å². The van der Waals surface area contributed by atoms with Gasteiger partial charge in [-0.2, -0.15) is 0 Å². The zero-order valence-electron chi connectivity index (χ0n) is 17.2. The summed E-state index contributed by atoms with van der Waals surface area (Å²) in [4.78, 5) is 41.5. The largest absolute Gasteiger partial charge is 0.355 e. The highest BCUT2D eigenvalue weighted by Crippen LogP contribution is 2.31. The fraction of sp³-hybridized carbons (Fsp3) is 0.476. The monoisotopic (exact) mass is 460 g/mol. The summed E-state index contributed by atoms with van der Waals surface area (Å²) in [5.41, 5.74) is 0.942. The van der Waals surface area contributed by atoms with Crippen LogP contribution < -0.4 is 10.2 Å². The molecule has 3 heterocycles. The van der Waals surface area contributed by atoms with Gasteiger partial charge in [0, 0.05) is 63.0 Å². The van der Waals surface area contributed by atoms with Crippen LogP contribution in [0.4, 0.5) is 5.82 Å². The summed E-state index contributed by atoms with van der Waals surface area (Å²) in [5.74, 6) is 1.39. The third-order valence-corrected chi connectivity index (χ3v) is 6.31. The highest BCUT2D eigenvalue weighted by molar-refractivity contribution is 7.99. The molecule has 2 fully saturated rings. The number of carbonyl (C=O) groups is 2. The summed E-state index contributed by atoms with van der Waals surface area (Å²) in [6.45, 7) is 3.34. The maximum absolute atomic E-state index is 12.2. The molecule has 0 unspecified atom stereocenters. The third-order valence-electron chi connectivity index (χ3n) is 5.26. The maximum Gasteiger partial charge on any atom is 0.230 e. The normalized spacial score (nSPS) is 16.3. The average molecular weight is 461 g/mol. The lowest BCUT2D eigenvalue weighted by atomic mass is 10.2. The van der Waals surface area contributed by atoms with Crippen molar-refractivity contribution >= 4 is 41.0 Å². The fourth-order valence-electron chi connectivity index (χ4n) is 3.41. The van der Waals surface area contributed by atoms with Gasteiger partial charge in [-0.15, -0.1) is 0 Å². The molecule has 1 saturated carbocycles. The molecule has 0 spiro atoms. The lowest BCUT2D eigenvalue weighted by Crippen LogP contribution is -2.49. The number of nitrogens with zero attached hydrogens (tertiary/aromatic N) is 5. The van der Waals surface area contributed by atoms with Crippen molar-refractivity contribution in [1.82, 2.24) is 25.2 Å². The first-order valence-corrected chi connectivity index (χ1v) is 11.8. The van der Waals surface area contributed by atoms with Gasteiger partial charge in [0.25, 0.3) is 0 Å². The topological polar surface area (TPSA) is 91.3 Å². The minimum atomic E-state index is -0.0849. The molecule has 2 amide bonds. The SMILES string of the molecule is O=C(CSc1nc(Cl)cc(N2CCN(C(=O)C3CC3)CC2)n1)NCCc1ccccn1. The van der Waals surface area contributed by atoms with Gasteiger partial charge in [0.2, 0.25) is 11.8 Å². The van der Waals surface area contributed by atoms with E-state index >= 15 is 0 Å². The summed E-state index contributed by atoms with van der Waals surface area (Å²) in [7, 11) is 0. The van der Waals surface area contributed by atoms with Gasteiger partial charge >= 0.3 is 0 Å². The Labute approximate surface area is 190 Å². The second-order valence-corrected chi connectivity index (χ2v) is 8.96. The molecule has 8 nitrogen and oxygen atoms in total. The first-order chi connectivity index (χ1) is 15.1. The first kappa shape index (κ1) is 21.8. The van der Waals surface area contributed by atoms with Crippen LogP contribution in [0, 0.1) is 5.92 Å². The van der Waals surface area contributed by atoms with Crippen LogP contribution in [-0.4, -0.2) is 70.1 Å². The molecule has 0 radical (unpaired) electrons. The van der Waals surface area contributed by atoms with E-state index in [0.29, 0.717) is 49.5 Å². The van der Waals surface area contributed by atoms with Gasteiger partial charge in [-0.1, -0.05) is 29.4 Å². The van der Waals surface area contributed by atoms with Crippen molar-refractivity contribution < 1.29 is 9.59 Å². The van der Waals surface area contributed by atoms with E-state index < -0.39 is 0 Å². The van der Waals surface area contributed by atoms with E-state index in [2.05, 4.69) is 25.2 Å². The predicted molar refractivity (Wildman–Crippen MR) is 120 cm³/mol. The van der Waals surface area contributed by atoms with Crippen molar-refractivity contribution in [1.29, 1.82) is 0 Å². The number of hydrogen-bond acceptors (Lipinski definition) is 7. The second-order valence-electron chi connectivity index (χ2n) is 7.63. The maximum atomic E-state index is 12.2. The molecule has 1 N–H and O–H groups in total. The molecule has 1 aliphatic carbocycles. The molecule has 2 aliphatic rings. The Bertz CT molecular complexity index is 919. The number of pyridine rings is 1. The summed E-state index contributed by atoms with van der Waals surface area (Å²) >= 11 is 7.46. The Morgan fingerprint density at radius 2 is 1.97 bits per heavy atom. The Morgan fingerprint density at radius 3 is 2.68 bits per heavy atom. The van der Waals surface area contributed by atoms with Crippen molar-refractivity contribution in [2.24, 2.45) is 5.92 Å². The summed E-state index contributed by atoms with van der Waals surface area (Å²) in [5, 5.41) is 3.71. The Kier molecular flexibility index (Phi) is 7.24. The number of rotatable bonds is 8. The van der Waals surface area contributed by atoms with E-state index in [4.69, 9.17) is 11.6 Å². The second kappa shape index (κ2) is 10.3. The standard InChI is InChI=1S/C21H25ClN6O2S/c22-17-13-18(27-9-11-28(12-10-27)20(30)15-4-5-15)26-21(25-17)31-14-19(29)24-8-6-16-3-1-2-7-23-16/h1-3,7,13,15H,4-6,8-12,14H2,(H,24,29). The number of amides is 2. The van der Waals surface area contributed by atoms with Crippen LogP contribution in [0.2, 0.25) is 5.15 Å². The number of aromatic nitrogens is 3. The summed E-state index contributed by atoms with van der Waals surface area (Å²) in [6.07, 6.45) is 4.48. The molecule has 0 bridgehead atoms. The van der Waals surface area contributed by atoms with Crippen LogP contribution >= 0.6 is 23.4 Å². The van der Waals surface area contributed by atoms with Crippen LogP contribution in [0.1, 0.15) is 18.5 Å². The predicted octanol–water partition coefficient (Wildman–Crippen LogP) is 2.03. The van der Waals surface area contributed by atoms with E-state index in [1.807, 2.05) is 23.1 Å². The quantitative estimate of drug-likeness (QED) is 0.366. The first-order valence-electron chi connectivity index (χ1n) is 10.5. The highest BCUT2D eigenvalue weighted by atomic mass is 35.5. The Morgan fingerprint density at radius 1 is 1.16 bits per heavy atom. The molecule has 1 aliphatic heterocycles. The molecule has 2 aromatic rings. The molecule has 0 aromatic carbocycles. The van der Waals surface area contributed by atoms with Crippen molar-refractivity contribution in [2.75, 3.05) is 43.4 Å². The Hall–Kier alpha value is -2.39. The van der Waals surface area contributed by atoms with Gasteiger partial charge in [0.05, 0.1) is 5.75 Å². The lowest BCUT2D eigenvalue weighted by Gasteiger charge is -2.35. The van der Waals surface area contributed by atoms with Gasteiger partial charge in [0.1, 0.15) is 11.0 Å². The number of piperazine rings is 1. The van der Waals surface area contributed by atoms with Crippen LogP contribution in [-0.2, 0) is 16.0 Å². The lowest BCUT2D eigenvalue weighted by molar-refractivity contribution is -0.132. The minimum absolute atomic E-state index is 0.0849. The van der Waals surface area contributed by atoms with Crippen molar-refractivity contribution in [3.63, 3.8) is 0 Å². The van der Waals surface area contributed by atoms with Gasteiger partial charge in [-0.3, -0.25) is 14.6 Å². The smallest absolute Gasteiger partial charge is 0.230 e. The Balaban J connectivity index is 1.25. The summed E-state index contributed by atoms with van der Waals surface area (Å²) in [6, 6.07) is 7.46. The van der Waals surface area contributed by atoms with Crippen molar-refractivity contribution in [2.45, 2.75) is 24.4 Å². The van der Waals surface area contributed by atoms with E-state index in [-0.39, 0.29) is 23.5 Å². The molecule has 4 rings (SSSR count). The van der Waals surface area contributed by atoms with E-state index in [1.54, 1.807) is 12.3 Å². The molecular formula is C21H25ClN6O2S. The van der Waals surface area contributed by atoms with Gasteiger partial charge < -0.3 is 15.1 Å². The molecule has 10 heteroatoms. The average Bonchev–Trinajstić information content (AvgIpc) is 3.63. The molecule has 1 saturated heterocycles. The van der Waals surface area contributed by atoms with Gasteiger partial charge in [-0.25, -0.2) is 9.97 Å². The molecular weight excluding hydrogens is 436 g/mol. The van der Waals surface area contributed by atoms with Crippen LogP contribution in [0.25, 0.3) is 0 Å². The zero-order chi connectivity index (χ0) is 21.6. The zero-order valence-corrected chi connectivity index (χ0v) is 18.7. The van der Waals surface area contributed by atoms with Crippen LogP contribution in [0.15, 0.2) is 35.6 Å².